The molecule has 1 N–H and O–H groups in total. The van der Waals surface area contributed by atoms with Crippen LogP contribution >= 0.6 is 11.3 Å². The lowest BCUT2D eigenvalue weighted by molar-refractivity contribution is -0.121. The van der Waals surface area contributed by atoms with E-state index in [0.717, 1.165) is 11.1 Å². The number of rotatable bonds is 5. The quantitative estimate of drug-likeness (QED) is 0.428. The molecule has 4 aromatic rings. The molecule has 1 aromatic carbocycles. The smallest absolute Gasteiger partial charge is 0.266 e. The number of aromatic nitrogens is 2. The third kappa shape index (κ3) is 4.63. The van der Waals surface area contributed by atoms with Crippen molar-refractivity contribution in [2.75, 3.05) is 18.4 Å². The van der Waals surface area contributed by atoms with Crippen molar-refractivity contribution < 1.29 is 14.0 Å². The van der Waals surface area contributed by atoms with Gasteiger partial charge in [0.2, 0.25) is 5.91 Å². The van der Waals surface area contributed by atoms with Gasteiger partial charge in [0.1, 0.15) is 10.7 Å². The molecule has 0 bridgehead atoms. The molecule has 5 rings (SSSR count). The number of aryl methyl sites for hydroxylation is 1. The van der Waals surface area contributed by atoms with Crippen LogP contribution in [0, 0.1) is 12.8 Å². The van der Waals surface area contributed by atoms with Crippen molar-refractivity contribution in [1.29, 1.82) is 0 Å². The zero-order chi connectivity index (χ0) is 23.5. The van der Waals surface area contributed by atoms with Crippen molar-refractivity contribution in [2.45, 2.75) is 19.8 Å². The Morgan fingerprint density at radius 2 is 1.85 bits per heavy atom. The van der Waals surface area contributed by atoms with E-state index >= 15 is 0 Å². The molecular weight excluding hydrogens is 448 g/mol. The first-order valence-electron chi connectivity index (χ1n) is 11.2. The maximum absolute atomic E-state index is 13.5. The number of hydrogen-bond acceptors (Lipinski definition) is 6. The minimum Gasteiger partial charge on any atom is -0.462 e. The second kappa shape index (κ2) is 9.61. The molecule has 0 aliphatic carbocycles. The summed E-state index contributed by atoms with van der Waals surface area (Å²) in [6.45, 7) is 2.98. The molecule has 0 radical (unpaired) electrons. The number of thiazole rings is 1. The Morgan fingerprint density at radius 1 is 1.06 bits per heavy atom. The van der Waals surface area contributed by atoms with Gasteiger partial charge in [0.05, 0.1) is 12.0 Å². The van der Waals surface area contributed by atoms with Crippen molar-refractivity contribution in [1.82, 2.24) is 14.9 Å². The van der Waals surface area contributed by atoms with E-state index in [1.54, 1.807) is 18.5 Å². The van der Waals surface area contributed by atoms with Crippen LogP contribution in [0.1, 0.15) is 28.1 Å². The van der Waals surface area contributed by atoms with Crippen molar-refractivity contribution in [2.24, 2.45) is 5.92 Å². The van der Waals surface area contributed by atoms with Gasteiger partial charge in [-0.05, 0) is 43.5 Å². The number of anilines is 1. The van der Waals surface area contributed by atoms with Gasteiger partial charge in [-0.2, -0.15) is 0 Å². The third-order valence-corrected chi connectivity index (χ3v) is 6.97. The molecule has 172 valence electrons. The van der Waals surface area contributed by atoms with E-state index in [0.29, 0.717) is 53.1 Å². The number of pyridine rings is 1. The van der Waals surface area contributed by atoms with E-state index in [2.05, 4.69) is 10.3 Å². The van der Waals surface area contributed by atoms with Gasteiger partial charge in [-0.1, -0.05) is 36.4 Å². The number of hydrogen-bond donors (Lipinski definition) is 1. The molecule has 4 heterocycles. The number of piperidine rings is 1. The highest BCUT2D eigenvalue weighted by molar-refractivity contribution is 7.17. The van der Waals surface area contributed by atoms with E-state index < -0.39 is 0 Å². The zero-order valence-corrected chi connectivity index (χ0v) is 19.5. The highest BCUT2D eigenvalue weighted by Crippen LogP contribution is 2.35. The van der Waals surface area contributed by atoms with Crippen LogP contribution in [0.3, 0.4) is 0 Å². The van der Waals surface area contributed by atoms with E-state index in [9.17, 15) is 9.59 Å². The molecule has 8 heteroatoms. The molecule has 1 aliphatic heterocycles. The minimum atomic E-state index is -0.152. The molecule has 0 saturated carbocycles. The number of amides is 2. The second-order valence-corrected chi connectivity index (χ2v) is 9.32. The number of carbonyl (C=O) groups is 2. The summed E-state index contributed by atoms with van der Waals surface area (Å²) in [5.41, 5.74) is 2.59. The lowest BCUT2D eigenvalue weighted by Crippen LogP contribution is -2.41. The Bertz CT molecular complexity index is 1280. The summed E-state index contributed by atoms with van der Waals surface area (Å²) in [4.78, 5) is 37.6. The molecule has 7 nitrogen and oxygen atoms in total. The molecule has 3 aromatic heterocycles. The second-order valence-electron chi connectivity index (χ2n) is 8.32. The maximum atomic E-state index is 13.5. The van der Waals surface area contributed by atoms with Crippen molar-refractivity contribution >= 4 is 29.0 Å². The van der Waals surface area contributed by atoms with Crippen LogP contribution in [0.25, 0.3) is 22.0 Å². The topological polar surface area (TPSA) is 88.3 Å². The van der Waals surface area contributed by atoms with Crippen LogP contribution in [0.5, 0.6) is 0 Å². The summed E-state index contributed by atoms with van der Waals surface area (Å²) in [6.07, 6.45) is 4.54. The van der Waals surface area contributed by atoms with E-state index in [1.807, 2.05) is 60.4 Å². The minimum absolute atomic E-state index is 0.0497. The van der Waals surface area contributed by atoms with Gasteiger partial charge in [0.15, 0.2) is 10.8 Å². The average molecular weight is 473 g/mol. The first-order valence-corrected chi connectivity index (χ1v) is 12.0. The number of carbonyl (C=O) groups excluding carboxylic acids is 2. The summed E-state index contributed by atoms with van der Waals surface area (Å²) in [5.74, 6) is 0.929. The van der Waals surface area contributed by atoms with Gasteiger partial charge in [0.25, 0.3) is 5.91 Å². The summed E-state index contributed by atoms with van der Waals surface area (Å²) in [7, 11) is 0. The number of furan rings is 1. The van der Waals surface area contributed by atoms with Crippen LogP contribution in [0.4, 0.5) is 5.82 Å². The maximum Gasteiger partial charge on any atom is 0.266 e. The predicted molar refractivity (Wildman–Crippen MR) is 131 cm³/mol. The molecule has 0 atom stereocenters. The first kappa shape index (κ1) is 22.0. The number of likely N-dealkylation sites (tertiary alicyclic amines) is 1. The Balaban J connectivity index is 1.30. The number of nitrogens with one attached hydrogen (secondary N) is 1. The molecule has 1 saturated heterocycles. The fourth-order valence-electron chi connectivity index (χ4n) is 4.02. The van der Waals surface area contributed by atoms with E-state index in [4.69, 9.17) is 9.40 Å². The molecule has 34 heavy (non-hydrogen) atoms. The SMILES string of the molecule is Cc1ccc(NC(=O)C2CCN(C(=O)c3sc(-c4ccco4)nc3-c3ccccc3)CC2)nc1. The molecule has 0 unspecified atom stereocenters. The number of benzene rings is 1. The summed E-state index contributed by atoms with van der Waals surface area (Å²) in [6, 6.07) is 17.1. The summed E-state index contributed by atoms with van der Waals surface area (Å²) in [5, 5.41) is 3.57. The Hall–Kier alpha value is -3.78. The van der Waals surface area contributed by atoms with E-state index in [1.165, 1.54) is 11.3 Å². The predicted octanol–water partition coefficient (Wildman–Crippen LogP) is 5.26. The fourth-order valence-corrected chi connectivity index (χ4v) is 5.04. The van der Waals surface area contributed by atoms with Gasteiger partial charge in [0, 0.05) is 30.8 Å². The Morgan fingerprint density at radius 3 is 2.53 bits per heavy atom. The van der Waals surface area contributed by atoms with Gasteiger partial charge in [-0.25, -0.2) is 9.97 Å². The first-order chi connectivity index (χ1) is 16.6. The number of nitrogens with zero attached hydrogens (tertiary/aromatic N) is 3. The van der Waals surface area contributed by atoms with Crippen molar-refractivity contribution in [3.63, 3.8) is 0 Å². The molecular formula is C26H24N4O3S. The Kier molecular flexibility index (Phi) is 6.22. The van der Waals surface area contributed by atoms with Crippen LogP contribution < -0.4 is 5.32 Å². The van der Waals surface area contributed by atoms with Gasteiger partial charge in [-0.15, -0.1) is 11.3 Å². The lowest BCUT2D eigenvalue weighted by atomic mass is 9.95. The van der Waals surface area contributed by atoms with Crippen molar-refractivity contribution in [3.05, 3.63) is 77.5 Å². The molecule has 1 fully saturated rings. The third-order valence-electron chi connectivity index (χ3n) is 5.92. The average Bonchev–Trinajstić information content (AvgIpc) is 3.56. The highest BCUT2D eigenvalue weighted by Gasteiger charge is 2.31. The largest absolute Gasteiger partial charge is 0.462 e. The van der Waals surface area contributed by atoms with Crippen LogP contribution in [0.15, 0.2) is 71.5 Å². The van der Waals surface area contributed by atoms with Crippen molar-refractivity contribution in [3.8, 4) is 22.0 Å². The van der Waals surface area contributed by atoms with Gasteiger partial charge >= 0.3 is 0 Å². The highest BCUT2D eigenvalue weighted by atomic mass is 32.1. The van der Waals surface area contributed by atoms with Gasteiger partial charge < -0.3 is 14.6 Å². The monoisotopic (exact) mass is 472 g/mol. The normalized spacial score (nSPS) is 14.2. The lowest BCUT2D eigenvalue weighted by Gasteiger charge is -2.31. The summed E-state index contributed by atoms with van der Waals surface area (Å²) >= 11 is 1.34. The Labute approximate surface area is 201 Å². The molecule has 1 aliphatic rings. The summed E-state index contributed by atoms with van der Waals surface area (Å²) < 4.78 is 5.52. The molecule has 0 spiro atoms. The van der Waals surface area contributed by atoms with Crippen LogP contribution in [-0.2, 0) is 4.79 Å². The zero-order valence-electron chi connectivity index (χ0n) is 18.7. The van der Waals surface area contributed by atoms with Crippen LogP contribution in [0.2, 0.25) is 0 Å². The standard InChI is InChI=1S/C26H24N4O3S/c1-17-9-10-21(27-16-17)28-24(31)19-11-13-30(14-12-19)26(32)23-22(18-6-3-2-4-7-18)29-25(34-23)20-8-5-15-33-20/h2-10,15-16,19H,11-14H2,1H3,(H,27,28,31). The molecule has 2 amide bonds. The van der Waals surface area contributed by atoms with Gasteiger partial charge in [-0.3, -0.25) is 9.59 Å². The fraction of sp³-hybridized carbons (Fsp3) is 0.231. The van der Waals surface area contributed by atoms with Crippen LogP contribution in [-0.4, -0.2) is 39.8 Å². The van der Waals surface area contributed by atoms with E-state index in [-0.39, 0.29) is 17.7 Å².